The lowest BCUT2D eigenvalue weighted by Gasteiger charge is -2.29. The summed E-state index contributed by atoms with van der Waals surface area (Å²) in [4.78, 5) is 0. The summed E-state index contributed by atoms with van der Waals surface area (Å²) in [6, 6.07) is 17.4. The Kier molecular flexibility index (Phi) is 12.6. The van der Waals surface area contributed by atoms with Crippen molar-refractivity contribution in [2.75, 3.05) is 0 Å². The Morgan fingerprint density at radius 3 is 1.71 bits per heavy atom. The fourth-order valence-electron chi connectivity index (χ4n) is 5.25. The number of hydrogen-bond donors (Lipinski definition) is 0. The van der Waals surface area contributed by atoms with E-state index in [1.54, 1.807) is 0 Å². The molecule has 0 unspecified atom stereocenters. The van der Waals surface area contributed by atoms with Crippen molar-refractivity contribution in [1.29, 1.82) is 0 Å². The van der Waals surface area contributed by atoms with E-state index in [1.807, 2.05) is 0 Å². The fraction of sp³-hybridized carbons (Fsp3) is 0.543. The maximum absolute atomic E-state index is 3.34. The molecule has 0 heterocycles. The quantitative estimate of drug-likeness (QED) is 0.228. The van der Waals surface area contributed by atoms with E-state index in [2.05, 4.69) is 86.1 Å². The highest BCUT2D eigenvalue weighted by molar-refractivity contribution is 5.46. The molecule has 1 saturated carbocycles. The van der Waals surface area contributed by atoms with Gasteiger partial charge in [0.1, 0.15) is 0 Å². The molecule has 0 N–H and O–H groups in total. The second-order valence-corrected chi connectivity index (χ2v) is 10.5. The van der Waals surface area contributed by atoms with Crippen molar-refractivity contribution in [2.45, 2.75) is 116 Å². The molecule has 0 radical (unpaired) electrons. The zero-order chi connectivity index (χ0) is 24.6. The first kappa shape index (κ1) is 27.2. The Balaban J connectivity index is 1.41. The van der Waals surface area contributed by atoms with Crippen molar-refractivity contribution in [3.8, 4) is 23.7 Å². The molecule has 0 saturated heterocycles. The number of unbranched alkanes of at least 4 members (excludes halogenated alkanes) is 8. The molecule has 0 nitrogen and oxygen atoms in total. The normalized spacial score (nSPS) is 17.2. The maximum Gasteiger partial charge on any atom is 0.0249 e. The summed E-state index contributed by atoms with van der Waals surface area (Å²) in [6.45, 7) is 4.52. The highest BCUT2D eigenvalue weighted by atomic mass is 14.3. The van der Waals surface area contributed by atoms with Gasteiger partial charge in [-0.15, -0.1) is 0 Å². The van der Waals surface area contributed by atoms with Crippen LogP contribution in [-0.2, 0) is 0 Å². The van der Waals surface area contributed by atoms with Crippen LogP contribution in [0.1, 0.15) is 138 Å². The van der Waals surface area contributed by atoms with Gasteiger partial charge in [0, 0.05) is 23.1 Å². The summed E-state index contributed by atoms with van der Waals surface area (Å²) in [5.41, 5.74) is 4.74. The topological polar surface area (TPSA) is 0 Å². The van der Waals surface area contributed by atoms with Gasteiger partial charge >= 0.3 is 0 Å². The Hall–Kier alpha value is -2.44. The van der Waals surface area contributed by atoms with Gasteiger partial charge in [0.2, 0.25) is 0 Å². The summed E-state index contributed by atoms with van der Waals surface area (Å²) < 4.78 is 0. The summed E-state index contributed by atoms with van der Waals surface area (Å²) >= 11 is 0. The smallest absolute Gasteiger partial charge is 0.0249 e. The van der Waals surface area contributed by atoms with Crippen LogP contribution in [-0.4, -0.2) is 0 Å². The van der Waals surface area contributed by atoms with E-state index in [0.717, 1.165) is 34.9 Å². The van der Waals surface area contributed by atoms with Gasteiger partial charge in [-0.2, -0.15) is 0 Å². The third-order valence-corrected chi connectivity index (χ3v) is 7.57. The van der Waals surface area contributed by atoms with Crippen LogP contribution < -0.4 is 0 Å². The molecule has 1 fully saturated rings. The SMILES string of the molecule is CCCCCC#Cc1ccc(C#Cc2ccc([C@H]3CC[C@H](CCCCCCCC)CC3)cc2)cc1. The first-order valence-corrected chi connectivity index (χ1v) is 14.5. The molecule has 3 rings (SSSR count). The fourth-order valence-corrected chi connectivity index (χ4v) is 5.25. The molecular formula is C35H46. The van der Waals surface area contributed by atoms with Crippen molar-refractivity contribution >= 4 is 0 Å². The molecule has 186 valence electrons. The van der Waals surface area contributed by atoms with Gasteiger partial charge in [0.05, 0.1) is 0 Å². The van der Waals surface area contributed by atoms with Gasteiger partial charge in [-0.1, -0.05) is 107 Å². The van der Waals surface area contributed by atoms with Crippen molar-refractivity contribution in [2.24, 2.45) is 5.92 Å². The predicted molar refractivity (Wildman–Crippen MR) is 153 cm³/mol. The van der Waals surface area contributed by atoms with Crippen molar-refractivity contribution < 1.29 is 0 Å². The van der Waals surface area contributed by atoms with Crippen molar-refractivity contribution in [1.82, 2.24) is 0 Å². The van der Waals surface area contributed by atoms with E-state index < -0.39 is 0 Å². The Bertz CT molecular complexity index is 947. The average Bonchev–Trinajstić information content (AvgIpc) is 2.91. The van der Waals surface area contributed by atoms with Gasteiger partial charge < -0.3 is 0 Å². The minimum Gasteiger partial charge on any atom is -0.0979 e. The molecule has 0 aromatic heterocycles. The molecule has 0 aliphatic heterocycles. The Morgan fingerprint density at radius 1 is 0.571 bits per heavy atom. The molecule has 2 aromatic carbocycles. The number of rotatable bonds is 11. The van der Waals surface area contributed by atoms with Crippen LogP contribution in [0.3, 0.4) is 0 Å². The summed E-state index contributed by atoms with van der Waals surface area (Å²) in [7, 11) is 0. The molecular weight excluding hydrogens is 420 g/mol. The van der Waals surface area contributed by atoms with Crippen molar-refractivity contribution in [3.63, 3.8) is 0 Å². The minimum atomic E-state index is 0.744. The van der Waals surface area contributed by atoms with Crippen LogP contribution in [0.5, 0.6) is 0 Å². The van der Waals surface area contributed by atoms with Gasteiger partial charge in [0.15, 0.2) is 0 Å². The van der Waals surface area contributed by atoms with Crippen LogP contribution in [0.15, 0.2) is 48.5 Å². The van der Waals surface area contributed by atoms with Crippen LogP contribution >= 0.6 is 0 Å². The van der Waals surface area contributed by atoms with Crippen LogP contribution in [0.2, 0.25) is 0 Å². The lowest BCUT2D eigenvalue weighted by Crippen LogP contribution is -2.13. The first-order chi connectivity index (χ1) is 17.3. The third kappa shape index (κ3) is 10.4. The van der Waals surface area contributed by atoms with Gasteiger partial charge in [-0.25, -0.2) is 0 Å². The summed E-state index contributed by atoms with van der Waals surface area (Å²) in [6.07, 6.45) is 20.3. The average molecular weight is 467 g/mol. The molecule has 1 aliphatic rings. The second-order valence-electron chi connectivity index (χ2n) is 10.5. The van der Waals surface area contributed by atoms with Gasteiger partial charge in [-0.05, 0) is 85.9 Å². The van der Waals surface area contributed by atoms with E-state index in [-0.39, 0.29) is 0 Å². The zero-order valence-corrected chi connectivity index (χ0v) is 22.4. The Labute approximate surface area is 216 Å². The third-order valence-electron chi connectivity index (χ3n) is 7.57. The lowest BCUT2D eigenvalue weighted by atomic mass is 9.77. The summed E-state index contributed by atoms with van der Waals surface area (Å²) in [5.74, 6) is 14.9. The Morgan fingerprint density at radius 2 is 1.09 bits per heavy atom. The first-order valence-electron chi connectivity index (χ1n) is 14.5. The summed E-state index contributed by atoms with van der Waals surface area (Å²) in [5, 5.41) is 0. The zero-order valence-electron chi connectivity index (χ0n) is 22.4. The molecule has 0 heteroatoms. The molecule has 0 amide bonds. The van der Waals surface area contributed by atoms with Crippen LogP contribution in [0, 0.1) is 29.6 Å². The molecule has 0 spiro atoms. The highest BCUT2D eigenvalue weighted by Crippen LogP contribution is 2.37. The number of hydrogen-bond acceptors (Lipinski definition) is 0. The lowest BCUT2D eigenvalue weighted by molar-refractivity contribution is 0.302. The van der Waals surface area contributed by atoms with E-state index in [9.17, 15) is 0 Å². The second kappa shape index (κ2) is 16.3. The van der Waals surface area contributed by atoms with E-state index in [4.69, 9.17) is 0 Å². The minimum absolute atomic E-state index is 0.744. The van der Waals surface area contributed by atoms with Crippen molar-refractivity contribution in [3.05, 3.63) is 70.8 Å². The van der Waals surface area contributed by atoms with Crippen LogP contribution in [0.4, 0.5) is 0 Å². The molecule has 2 aromatic rings. The van der Waals surface area contributed by atoms with Gasteiger partial charge in [0.25, 0.3) is 0 Å². The van der Waals surface area contributed by atoms with Crippen LogP contribution in [0.25, 0.3) is 0 Å². The largest absolute Gasteiger partial charge is 0.0979 e. The van der Waals surface area contributed by atoms with E-state index >= 15 is 0 Å². The van der Waals surface area contributed by atoms with E-state index in [1.165, 1.54) is 95.5 Å². The highest BCUT2D eigenvalue weighted by Gasteiger charge is 2.21. The predicted octanol–water partition coefficient (Wildman–Crippen LogP) is 10.0. The molecule has 0 atom stereocenters. The molecule has 0 bridgehead atoms. The maximum atomic E-state index is 3.34. The molecule has 1 aliphatic carbocycles. The monoisotopic (exact) mass is 466 g/mol. The van der Waals surface area contributed by atoms with E-state index in [0.29, 0.717) is 0 Å². The molecule has 35 heavy (non-hydrogen) atoms. The van der Waals surface area contributed by atoms with Gasteiger partial charge in [-0.3, -0.25) is 0 Å². The standard InChI is InChI=1S/C35H46/c1-3-5-7-9-11-13-15-31-22-26-34(27-23-31)35-28-24-33(25-29-35)21-20-32-18-16-30(17-19-32)14-12-10-8-6-4-2/h16-19,24-25,28-29,31,34H,3-11,13,15,22-23,26-27H2,1-2H3/t31-,34-. The number of benzene rings is 2.